The van der Waals surface area contributed by atoms with E-state index in [9.17, 15) is 8.78 Å². The molecular formula is C8H14F2O2. The Hall–Kier alpha value is -0.220. The molecule has 1 saturated carbocycles. The van der Waals surface area contributed by atoms with Gasteiger partial charge in [0.05, 0.1) is 24.7 Å². The lowest BCUT2D eigenvalue weighted by atomic mass is 10.1. The number of halogens is 2. The van der Waals surface area contributed by atoms with Gasteiger partial charge in [-0.2, -0.15) is 0 Å². The van der Waals surface area contributed by atoms with Crippen molar-refractivity contribution in [3.63, 3.8) is 0 Å². The van der Waals surface area contributed by atoms with Crippen molar-refractivity contribution in [1.29, 1.82) is 0 Å². The van der Waals surface area contributed by atoms with E-state index >= 15 is 0 Å². The van der Waals surface area contributed by atoms with E-state index in [0.29, 0.717) is 0 Å². The minimum atomic E-state index is -2.73. The van der Waals surface area contributed by atoms with Crippen molar-refractivity contribution in [2.45, 2.75) is 32.3 Å². The maximum Gasteiger partial charge on any atom is 0.259 e. The van der Waals surface area contributed by atoms with Crippen LogP contribution in [0.3, 0.4) is 0 Å². The predicted octanol–water partition coefficient (Wildman–Crippen LogP) is 1.43. The zero-order chi connectivity index (χ0) is 9.41. The van der Waals surface area contributed by atoms with Crippen LogP contribution in [-0.2, 0) is 4.74 Å². The average molecular weight is 180 g/mol. The molecule has 0 radical (unpaired) electrons. The van der Waals surface area contributed by atoms with Gasteiger partial charge in [0.25, 0.3) is 5.92 Å². The first-order chi connectivity index (χ1) is 5.43. The first kappa shape index (κ1) is 9.86. The van der Waals surface area contributed by atoms with Gasteiger partial charge in [-0.05, 0) is 13.8 Å². The smallest absolute Gasteiger partial charge is 0.259 e. The maximum atomic E-state index is 12.7. The Balaban J connectivity index is 2.40. The van der Waals surface area contributed by atoms with Crippen LogP contribution in [0.25, 0.3) is 0 Å². The summed E-state index contributed by atoms with van der Waals surface area (Å²) in [7, 11) is 0. The standard InChI is InChI=1S/C8H14F2O2/c1-6(2)12-5-7(4-11)3-8(7,9)10/h6,11H,3-5H2,1-2H3. The van der Waals surface area contributed by atoms with Crippen molar-refractivity contribution in [2.24, 2.45) is 5.41 Å². The van der Waals surface area contributed by atoms with Crippen LogP contribution < -0.4 is 0 Å². The van der Waals surface area contributed by atoms with Crippen LogP contribution >= 0.6 is 0 Å². The molecule has 0 aromatic carbocycles. The van der Waals surface area contributed by atoms with Gasteiger partial charge in [-0.1, -0.05) is 0 Å². The van der Waals surface area contributed by atoms with Crippen molar-refractivity contribution in [3.05, 3.63) is 0 Å². The minimum Gasteiger partial charge on any atom is -0.395 e. The molecule has 0 amide bonds. The third kappa shape index (κ3) is 1.59. The first-order valence-electron chi connectivity index (χ1n) is 4.04. The van der Waals surface area contributed by atoms with E-state index in [0.717, 1.165) is 0 Å². The molecule has 0 saturated heterocycles. The average Bonchev–Trinajstić information content (AvgIpc) is 2.51. The number of hydrogen-bond acceptors (Lipinski definition) is 2. The van der Waals surface area contributed by atoms with Gasteiger partial charge in [-0.25, -0.2) is 8.78 Å². The van der Waals surface area contributed by atoms with Crippen LogP contribution in [0.15, 0.2) is 0 Å². The molecule has 0 spiro atoms. The number of aliphatic hydroxyl groups excluding tert-OH is 1. The highest BCUT2D eigenvalue weighted by molar-refractivity contribution is 5.09. The SMILES string of the molecule is CC(C)OCC1(CO)CC1(F)F. The van der Waals surface area contributed by atoms with Crippen LogP contribution in [0.5, 0.6) is 0 Å². The Bertz CT molecular complexity index is 170. The van der Waals surface area contributed by atoms with Gasteiger partial charge >= 0.3 is 0 Å². The maximum absolute atomic E-state index is 12.7. The second-order valence-electron chi connectivity index (χ2n) is 3.68. The number of rotatable bonds is 4. The van der Waals surface area contributed by atoms with E-state index in [1.807, 2.05) is 0 Å². The highest BCUT2D eigenvalue weighted by Gasteiger charge is 2.71. The molecule has 12 heavy (non-hydrogen) atoms. The Morgan fingerprint density at radius 2 is 2.00 bits per heavy atom. The molecule has 0 bridgehead atoms. The highest BCUT2D eigenvalue weighted by atomic mass is 19.3. The third-order valence-electron chi connectivity index (χ3n) is 2.21. The monoisotopic (exact) mass is 180 g/mol. The fraction of sp³-hybridized carbons (Fsp3) is 1.00. The second kappa shape index (κ2) is 2.92. The summed E-state index contributed by atoms with van der Waals surface area (Å²) < 4.78 is 30.4. The van der Waals surface area contributed by atoms with Crippen LogP contribution in [0.4, 0.5) is 8.78 Å². The number of alkyl halides is 2. The lowest BCUT2D eigenvalue weighted by Crippen LogP contribution is -2.24. The van der Waals surface area contributed by atoms with Gasteiger partial charge in [0.1, 0.15) is 0 Å². The van der Waals surface area contributed by atoms with E-state index in [1.165, 1.54) is 0 Å². The second-order valence-corrected chi connectivity index (χ2v) is 3.68. The Morgan fingerprint density at radius 1 is 1.50 bits per heavy atom. The molecule has 1 atom stereocenters. The Kier molecular flexibility index (Phi) is 2.40. The minimum absolute atomic E-state index is 0.0475. The molecule has 1 aliphatic rings. The van der Waals surface area contributed by atoms with Crippen molar-refractivity contribution in [2.75, 3.05) is 13.2 Å². The fourth-order valence-electron chi connectivity index (χ4n) is 1.08. The summed E-state index contributed by atoms with van der Waals surface area (Å²) in [5.74, 6) is -2.73. The third-order valence-corrected chi connectivity index (χ3v) is 2.21. The molecule has 4 heteroatoms. The van der Waals surface area contributed by atoms with Gasteiger partial charge < -0.3 is 9.84 Å². The number of hydrogen-bond donors (Lipinski definition) is 1. The number of ether oxygens (including phenoxy) is 1. The summed E-state index contributed by atoms with van der Waals surface area (Å²) >= 11 is 0. The zero-order valence-electron chi connectivity index (χ0n) is 7.31. The summed E-state index contributed by atoms with van der Waals surface area (Å²) in [6.07, 6.45) is -0.312. The van der Waals surface area contributed by atoms with Gasteiger partial charge in [-0.3, -0.25) is 0 Å². The van der Waals surface area contributed by atoms with Crippen molar-refractivity contribution >= 4 is 0 Å². The lowest BCUT2D eigenvalue weighted by molar-refractivity contribution is -0.0327. The zero-order valence-corrected chi connectivity index (χ0v) is 7.31. The van der Waals surface area contributed by atoms with Crippen molar-refractivity contribution in [1.82, 2.24) is 0 Å². The van der Waals surface area contributed by atoms with E-state index in [2.05, 4.69) is 0 Å². The van der Waals surface area contributed by atoms with Gasteiger partial charge in [0, 0.05) is 6.42 Å². The first-order valence-corrected chi connectivity index (χ1v) is 4.04. The van der Waals surface area contributed by atoms with Gasteiger partial charge in [-0.15, -0.1) is 0 Å². The molecule has 2 nitrogen and oxygen atoms in total. The van der Waals surface area contributed by atoms with E-state index in [4.69, 9.17) is 9.84 Å². The highest BCUT2D eigenvalue weighted by Crippen LogP contribution is 2.60. The summed E-state index contributed by atoms with van der Waals surface area (Å²) in [6, 6.07) is 0. The quantitative estimate of drug-likeness (QED) is 0.709. The fourth-order valence-corrected chi connectivity index (χ4v) is 1.08. The Labute approximate surface area is 70.5 Å². The molecular weight excluding hydrogens is 166 g/mol. The molecule has 0 aromatic heterocycles. The van der Waals surface area contributed by atoms with E-state index < -0.39 is 17.9 Å². The van der Waals surface area contributed by atoms with E-state index in [-0.39, 0.29) is 19.1 Å². The van der Waals surface area contributed by atoms with Crippen LogP contribution in [0, 0.1) is 5.41 Å². The van der Waals surface area contributed by atoms with Gasteiger partial charge in [0.15, 0.2) is 0 Å². The summed E-state index contributed by atoms with van der Waals surface area (Å²) in [5.41, 5.74) is -1.28. The topological polar surface area (TPSA) is 29.5 Å². The van der Waals surface area contributed by atoms with Gasteiger partial charge in [0.2, 0.25) is 0 Å². The van der Waals surface area contributed by atoms with Crippen LogP contribution in [0.1, 0.15) is 20.3 Å². The predicted molar refractivity (Wildman–Crippen MR) is 40.2 cm³/mol. The molecule has 0 heterocycles. The molecule has 1 N–H and O–H groups in total. The number of aliphatic hydroxyl groups is 1. The largest absolute Gasteiger partial charge is 0.395 e. The normalized spacial score (nSPS) is 32.5. The molecule has 72 valence electrons. The molecule has 1 fully saturated rings. The molecule has 1 aliphatic carbocycles. The van der Waals surface area contributed by atoms with Crippen molar-refractivity contribution in [3.8, 4) is 0 Å². The summed E-state index contributed by atoms with van der Waals surface area (Å²) in [4.78, 5) is 0. The van der Waals surface area contributed by atoms with Crippen molar-refractivity contribution < 1.29 is 18.6 Å². The molecule has 0 aromatic rings. The summed E-state index contributed by atoms with van der Waals surface area (Å²) in [6.45, 7) is 3.03. The summed E-state index contributed by atoms with van der Waals surface area (Å²) in [5, 5.41) is 8.75. The van der Waals surface area contributed by atoms with E-state index in [1.54, 1.807) is 13.8 Å². The molecule has 0 aliphatic heterocycles. The van der Waals surface area contributed by atoms with Crippen LogP contribution in [-0.4, -0.2) is 30.3 Å². The Morgan fingerprint density at radius 3 is 2.25 bits per heavy atom. The molecule has 1 rings (SSSR count). The van der Waals surface area contributed by atoms with Crippen LogP contribution in [0.2, 0.25) is 0 Å². The molecule has 1 unspecified atom stereocenters. The lowest BCUT2D eigenvalue weighted by Gasteiger charge is -2.15.